The molecule has 1 saturated carbocycles. The van der Waals surface area contributed by atoms with Gasteiger partial charge in [-0.2, -0.15) is 0 Å². The van der Waals surface area contributed by atoms with Crippen molar-refractivity contribution in [2.45, 2.75) is 44.7 Å². The fraction of sp³-hybridized carbons (Fsp3) is 0.474. The summed E-state index contributed by atoms with van der Waals surface area (Å²) in [5.74, 6) is 1.49. The zero-order chi connectivity index (χ0) is 16.9. The molecule has 0 spiro atoms. The molecule has 3 rings (SSSR count). The zero-order valence-corrected chi connectivity index (χ0v) is 14.6. The molecule has 1 fully saturated rings. The van der Waals surface area contributed by atoms with E-state index < -0.39 is 0 Å². The molecule has 0 aliphatic heterocycles. The van der Waals surface area contributed by atoms with Crippen molar-refractivity contribution < 1.29 is 0 Å². The summed E-state index contributed by atoms with van der Waals surface area (Å²) >= 11 is 0. The third kappa shape index (κ3) is 3.96. The first kappa shape index (κ1) is 16.6. The quantitative estimate of drug-likeness (QED) is 0.670. The smallest absolute Gasteiger partial charge is 0.189 e. The van der Waals surface area contributed by atoms with Gasteiger partial charge in [0.25, 0.3) is 0 Å². The van der Waals surface area contributed by atoms with Crippen LogP contribution in [0.15, 0.2) is 35.3 Å². The van der Waals surface area contributed by atoms with Crippen LogP contribution >= 0.6 is 0 Å². The second-order valence-electron chi connectivity index (χ2n) is 6.73. The lowest BCUT2D eigenvalue weighted by molar-refractivity contribution is 0.412. The van der Waals surface area contributed by atoms with Crippen molar-refractivity contribution in [3.05, 3.63) is 35.9 Å². The molecule has 0 unspecified atom stereocenters. The lowest BCUT2D eigenvalue weighted by atomic mass is 9.96. The van der Waals surface area contributed by atoms with Gasteiger partial charge >= 0.3 is 0 Å². The van der Waals surface area contributed by atoms with Crippen LogP contribution in [0.4, 0.5) is 5.82 Å². The summed E-state index contributed by atoms with van der Waals surface area (Å²) in [6, 6.07) is 10.8. The number of benzene rings is 1. The Morgan fingerprint density at radius 3 is 2.75 bits per heavy atom. The Morgan fingerprint density at radius 2 is 2.00 bits per heavy atom. The molecule has 0 radical (unpaired) electrons. The molecule has 1 aliphatic carbocycles. The monoisotopic (exact) mass is 325 g/mol. The number of pyridine rings is 1. The molecule has 1 heterocycles. The first-order valence-corrected chi connectivity index (χ1v) is 8.76. The molecule has 1 aliphatic rings. The van der Waals surface area contributed by atoms with Crippen LogP contribution in [-0.4, -0.2) is 31.1 Å². The number of nitrogens with one attached hydrogen (secondary N) is 1. The maximum absolute atomic E-state index is 6.11. The molecule has 5 heteroatoms. The number of anilines is 1. The number of para-hydroxylation sites is 1. The summed E-state index contributed by atoms with van der Waals surface area (Å²) in [5.41, 5.74) is 8.25. The highest BCUT2D eigenvalue weighted by molar-refractivity contribution is 5.84. The summed E-state index contributed by atoms with van der Waals surface area (Å²) in [5, 5.41) is 4.51. The first-order valence-electron chi connectivity index (χ1n) is 8.76. The van der Waals surface area contributed by atoms with Gasteiger partial charge in [-0.25, -0.2) is 9.98 Å². The Kier molecular flexibility index (Phi) is 5.18. The molecule has 0 amide bonds. The summed E-state index contributed by atoms with van der Waals surface area (Å²) in [6.07, 6.45) is 6.29. The van der Waals surface area contributed by atoms with Gasteiger partial charge in [0.2, 0.25) is 0 Å². The highest BCUT2D eigenvalue weighted by Gasteiger charge is 2.13. The van der Waals surface area contributed by atoms with Crippen LogP contribution in [0.5, 0.6) is 0 Å². The van der Waals surface area contributed by atoms with Crippen LogP contribution in [0, 0.1) is 0 Å². The van der Waals surface area contributed by atoms with Gasteiger partial charge in [0, 0.05) is 25.5 Å². The normalized spacial score (nSPS) is 16.3. The third-order valence-electron chi connectivity index (χ3n) is 4.62. The van der Waals surface area contributed by atoms with Gasteiger partial charge in [0.1, 0.15) is 5.82 Å². The molecule has 0 saturated heterocycles. The van der Waals surface area contributed by atoms with Crippen molar-refractivity contribution in [1.82, 2.24) is 10.3 Å². The number of hydrogen-bond acceptors (Lipinski definition) is 3. The van der Waals surface area contributed by atoms with E-state index in [0.717, 1.165) is 22.3 Å². The van der Waals surface area contributed by atoms with E-state index in [4.69, 9.17) is 5.73 Å². The molecule has 128 valence electrons. The molecular weight excluding hydrogens is 298 g/mol. The highest BCUT2D eigenvalue weighted by atomic mass is 15.1. The van der Waals surface area contributed by atoms with Crippen LogP contribution in [0.1, 0.15) is 37.7 Å². The molecule has 24 heavy (non-hydrogen) atoms. The number of nitrogens with zero attached hydrogens (tertiary/aromatic N) is 3. The first-order chi connectivity index (χ1) is 11.6. The van der Waals surface area contributed by atoms with E-state index in [1.54, 1.807) is 0 Å². The van der Waals surface area contributed by atoms with Crippen LogP contribution < -0.4 is 16.0 Å². The maximum Gasteiger partial charge on any atom is 0.189 e. The predicted molar refractivity (Wildman–Crippen MR) is 101 cm³/mol. The van der Waals surface area contributed by atoms with Crippen LogP contribution in [0.25, 0.3) is 10.9 Å². The summed E-state index contributed by atoms with van der Waals surface area (Å²) in [4.78, 5) is 11.3. The molecule has 1 aromatic carbocycles. The molecule has 3 N–H and O–H groups in total. The van der Waals surface area contributed by atoms with E-state index in [9.17, 15) is 0 Å². The van der Waals surface area contributed by atoms with E-state index in [1.165, 1.54) is 32.1 Å². The van der Waals surface area contributed by atoms with E-state index >= 15 is 0 Å². The third-order valence-corrected chi connectivity index (χ3v) is 4.62. The van der Waals surface area contributed by atoms with Crippen LogP contribution in [0.2, 0.25) is 0 Å². The van der Waals surface area contributed by atoms with Crippen molar-refractivity contribution >= 4 is 22.7 Å². The minimum Gasteiger partial charge on any atom is -0.370 e. The van der Waals surface area contributed by atoms with Crippen molar-refractivity contribution in [2.75, 3.05) is 19.0 Å². The van der Waals surface area contributed by atoms with Gasteiger partial charge in [0.15, 0.2) is 5.96 Å². The highest BCUT2D eigenvalue weighted by Crippen LogP contribution is 2.23. The van der Waals surface area contributed by atoms with E-state index in [-0.39, 0.29) is 0 Å². The molecule has 5 nitrogen and oxygen atoms in total. The topological polar surface area (TPSA) is 66.5 Å². The Labute approximate surface area is 144 Å². The number of rotatable bonds is 4. The maximum atomic E-state index is 6.11. The number of aromatic nitrogens is 1. The molecule has 2 aromatic rings. The van der Waals surface area contributed by atoms with Crippen molar-refractivity contribution in [1.29, 1.82) is 0 Å². The van der Waals surface area contributed by atoms with Gasteiger partial charge in [-0.05, 0) is 30.5 Å². The second-order valence-corrected chi connectivity index (χ2v) is 6.73. The number of nitrogens with two attached hydrogens (primary N) is 1. The number of hydrogen-bond donors (Lipinski definition) is 2. The van der Waals surface area contributed by atoms with Gasteiger partial charge in [-0.1, -0.05) is 37.5 Å². The van der Waals surface area contributed by atoms with Crippen molar-refractivity contribution in [3.63, 3.8) is 0 Å². The molecule has 0 bridgehead atoms. The Hall–Kier alpha value is -2.30. The number of fused-ring (bicyclic) bond motifs is 1. The second kappa shape index (κ2) is 7.51. The predicted octanol–water partition coefficient (Wildman–Crippen LogP) is 3.04. The number of aliphatic imine (C=N–C) groups is 1. The average molecular weight is 325 g/mol. The SMILES string of the molecule is CN(C)c1cc(CN=C(N)NC2CCCCC2)c2ccccc2n1. The van der Waals surface area contributed by atoms with E-state index in [0.29, 0.717) is 18.5 Å². The molecule has 1 aromatic heterocycles. The van der Waals surface area contributed by atoms with Gasteiger partial charge in [-0.3, -0.25) is 0 Å². The van der Waals surface area contributed by atoms with Crippen molar-refractivity contribution in [3.8, 4) is 0 Å². The van der Waals surface area contributed by atoms with Gasteiger partial charge in [-0.15, -0.1) is 0 Å². The lowest BCUT2D eigenvalue weighted by Gasteiger charge is -2.23. The number of guanidine groups is 1. The van der Waals surface area contributed by atoms with Crippen LogP contribution in [0.3, 0.4) is 0 Å². The zero-order valence-electron chi connectivity index (χ0n) is 14.6. The Balaban J connectivity index is 1.79. The summed E-state index contributed by atoms with van der Waals surface area (Å²) in [6.45, 7) is 0.565. The van der Waals surface area contributed by atoms with Crippen molar-refractivity contribution in [2.24, 2.45) is 10.7 Å². The molecule has 0 atom stereocenters. The fourth-order valence-corrected chi connectivity index (χ4v) is 3.26. The average Bonchev–Trinajstić information content (AvgIpc) is 2.60. The minimum absolute atomic E-state index is 0.481. The van der Waals surface area contributed by atoms with E-state index in [2.05, 4.69) is 27.4 Å². The largest absolute Gasteiger partial charge is 0.370 e. The minimum atomic E-state index is 0.481. The van der Waals surface area contributed by atoms with Gasteiger partial charge < -0.3 is 16.0 Å². The standard InChI is InChI=1S/C19H27N5/c1-24(2)18-12-14(16-10-6-7-11-17(16)23-18)13-21-19(20)22-15-8-4-3-5-9-15/h6-7,10-12,15H,3-5,8-9,13H2,1-2H3,(H3,20,21,22). The Bertz CT molecular complexity index is 717. The Morgan fingerprint density at radius 1 is 1.25 bits per heavy atom. The molecular formula is C19H27N5. The van der Waals surface area contributed by atoms with E-state index in [1.807, 2.05) is 37.2 Å². The fourth-order valence-electron chi connectivity index (χ4n) is 3.26. The van der Waals surface area contributed by atoms with Crippen LogP contribution in [-0.2, 0) is 6.54 Å². The summed E-state index contributed by atoms with van der Waals surface area (Å²) < 4.78 is 0. The van der Waals surface area contributed by atoms with Gasteiger partial charge in [0.05, 0.1) is 12.1 Å². The lowest BCUT2D eigenvalue weighted by Crippen LogP contribution is -2.41. The summed E-state index contributed by atoms with van der Waals surface area (Å²) in [7, 11) is 4.01.